The molecule has 0 saturated carbocycles. The first-order valence-corrected chi connectivity index (χ1v) is 8.08. The summed E-state index contributed by atoms with van der Waals surface area (Å²) in [7, 11) is 3.07. The average molecular weight is 356 g/mol. The van der Waals surface area contributed by atoms with Crippen LogP contribution in [0.1, 0.15) is 5.56 Å². The zero-order chi connectivity index (χ0) is 18.7. The highest BCUT2D eigenvalue weighted by molar-refractivity contribution is 5.97. The SMILES string of the molecule is COc1ccc(OC)c(NC(=O)CN2CC(=O)Oc3cc(C)ccc32)c1. The number of methoxy groups -OCH3 is 2. The van der Waals surface area contributed by atoms with Crippen LogP contribution in [0.25, 0.3) is 0 Å². The number of anilines is 2. The number of hydrogen-bond acceptors (Lipinski definition) is 6. The molecule has 7 nitrogen and oxygen atoms in total. The van der Waals surface area contributed by atoms with Gasteiger partial charge in [-0.05, 0) is 36.8 Å². The second-order valence-electron chi connectivity index (χ2n) is 5.92. The van der Waals surface area contributed by atoms with Crippen LogP contribution in [-0.2, 0) is 9.59 Å². The summed E-state index contributed by atoms with van der Waals surface area (Å²) >= 11 is 0. The van der Waals surface area contributed by atoms with Crippen LogP contribution in [0.5, 0.6) is 17.2 Å². The molecule has 7 heteroatoms. The third-order valence-corrected chi connectivity index (χ3v) is 4.01. The number of amides is 1. The maximum Gasteiger partial charge on any atom is 0.331 e. The van der Waals surface area contributed by atoms with E-state index in [1.165, 1.54) is 7.11 Å². The monoisotopic (exact) mass is 356 g/mol. The van der Waals surface area contributed by atoms with Gasteiger partial charge in [0, 0.05) is 6.07 Å². The van der Waals surface area contributed by atoms with Crippen LogP contribution in [0, 0.1) is 6.92 Å². The third-order valence-electron chi connectivity index (χ3n) is 4.01. The highest BCUT2D eigenvalue weighted by Crippen LogP contribution is 2.33. The maximum atomic E-state index is 12.5. The third kappa shape index (κ3) is 3.72. The first-order valence-electron chi connectivity index (χ1n) is 8.08. The minimum absolute atomic E-state index is 0.00548. The van der Waals surface area contributed by atoms with E-state index in [0.717, 1.165) is 5.56 Å². The molecule has 0 unspecified atom stereocenters. The van der Waals surface area contributed by atoms with Gasteiger partial charge in [0.15, 0.2) is 5.75 Å². The summed E-state index contributed by atoms with van der Waals surface area (Å²) in [5.41, 5.74) is 2.19. The Hall–Kier alpha value is -3.22. The summed E-state index contributed by atoms with van der Waals surface area (Å²) in [6.07, 6.45) is 0. The fraction of sp³-hybridized carbons (Fsp3) is 0.263. The Bertz CT molecular complexity index is 850. The van der Waals surface area contributed by atoms with E-state index in [4.69, 9.17) is 14.2 Å². The molecule has 0 saturated heterocycles. The highest BCUT2D eigenvalue weighted by atomic mass is 16.5. The molecule has 1 aliphatic heterocycles. The van der Waals surface area contributed by atoms with Gasteiger partial charge in [0.1, 0.15) is 18.0 Å². The Morgan fingerprint density at radius 3 is 2.73 bits per heavy atom. The number of nitrogens with one attached hydrogen (secondary N) is 1. The molecule has 26 heavy (non-hydrogen) atoms. The van der Waals surface area contributed by atoms with Gasteiger partial charge in [-0.2, -0.15) is 0 Å². The maximum absolute atomic E-state index is 12.5. The number of carbonyl (C=O) groups is 2. The molecule has 1 amide bonds. The van der Waals surface area contributed by atoms with E-state index >= 15 is 0 Å². The second kappa shape index (κ2) is 7.35. The minimum atomic E-state index is -0.394. The van der Waals surface area contributed by atoms with Gasteiger partial charge in [-0.3, -0.25) is 4.79 Å². The van der Waals surface area contributed by atoms with E-state index in [-0.39, 0.29) is 19.0 Å². The quantitative estimate of drug-likeness (QED) is 0.655. The van der Waals surface area contributed by atoms with Crippen molar-refractivity contribution in [3.8, 4) is 17.2 Å². The van der Waals surface area contributed by atoms with E-state index in [0.29, 0.717) is 28.6 Å². The summed E-state index contributed by atoms with van der Waals surface area (Å²) < 4.78 is 15.7. The summed E-state index contributed by atoms with van der Waals surface area (Å²) in [5.74, 6) is 0.914. The molecular weight excluding hydrogens is 336 g/mol. The van der Waals surface area contributed by atoms with Gasteiger partial charge in [-0.15, -0.1) is 0 Å². The number of nitrogens with zero attached hydrogens (tertiary/aromatic N) is 1. The van der Waals surface area contributed by atoms with Crippen molar-refractivity contribution in [3.63, 3.8) is 0 Å². The lowest BCUT2D eigenvalue weighted by Crippen LogP contribution is -2.41. The smallest absolute Gasteiger partial charge is 0.331 e. The predicted octanol–water partition coefficient (Wildman–Crippen LogP) is 2.38. The van der Waals surface area contributed by atoms with Crippen molar-refractivity contribution < 1.29 is 23.8 Å². The lowest BCUT2D eigenvalue weighted by atomic mass is 10.1. The largest absolute Gasteiger partial charge is 0.497 e. The van der Waals surface area contributed by atoms with Crippen LogP contribution in [0.4, 0.5) is 11.4 Å². The molecule has 2 aromatic carbocycles. The number of hydrogen-bond donors (Lipinski definition) is 1. The summed E-state index contributed by atoms with van der Waals surface area (Å²) in [6.45, 7) is 1.93. The van der Waals surface area contributed by atoms with Crippen molar-refractivity contribution in [1.82, 2.24) is 0 Å². The van der Waals surface area contributed by atoms with Gasteiger partial charge < -0.3 is 24.4 Å². The zero-order valence-electron chi connectivity index (χ0n) is 14.9. The lowest BCUT2D eigenvalue weighted by molar-refractivity contribution is -0.133. The highest BCUT2D eigenvalue weighted by Gasteiger charge is 2.26. The van der Waals surface area contributed by atoms with E-state index in [1.54, 1.807) is 36.3 Å². The Kier molecular flexibility index (Phi) is 4.97. The second-order valence-corrected chi connectivity index (χ2v) is 5.92. The Balaban J connectivity index is 1.78. The van der Waals surface area contributed by atoms with Crippen LogP contribution < -0.4 is 24.4 Å². The molecule has 1 aliphatic rings. The molecule has 0 fully saturated rings. The molecule has 136 valence electrons. The predicted molar refractivity (Wildman–Crippen MR) is 97.2 cm³/mol. The number of esters is 1. The first-order chi connectivity index (χ1) is 12.5. The Morgan fingerprint density at radius 2 is 2.00 bits per heavy atom. The molecular formula is C19H20N2O5. The van der Waals surface area contributed by atoms with Crippen LogP contribution in [0.15, 0.2) is 36.4 Å². The molecule has 0 aromatic heterocycles. The van der Waals surface area contributed by atoms with E-state index in [9.17, 15) is 9.59 Å². The zero-order valence-corrected chi connectivity index (χ0v) is 14.9. The first kappa shape index (κ1) is 17.6. The van der Waals surface area contributed by atoms with Crippen LogP contribution >= 0.6 is 0 Å². The standard InChI is InChI=1S/C19H20N2O5/c1-12-4-6-15-17(8-12)26-19(23)11-21(15)10-18(22)20-14-9-13(24-2)5-7-16(14)25-3/h4-9H,10-11H2,1-3H3,(H,20,22). The molecule has 0 bridgehead atoms. The van der Waals surface area contributed by atoms with Gasteiger partial charge in [-0.1, -0.05) is 6.07 Å². The van der Waals surface area contributed by atoms with Crippen molar-refractivity contribution in [2.75, 3.05) is 37.5 Å². The summed E-state index contributed by atoms with van der Waals surface area (Å²) in [5, 5.41) is 2.80. The fourth-order valence-electron chi connectivity index (χ4n) is 2.78. The molecule has 0 radical (unpaired) electrons. The molecule has 0 spiro atoms. The molecule has 3 rings (SSSR count). The number of fused-ring (bicyclic) bond motifs is 1. The van der Waals surface area contributed by atoms with Gasteiger partial charge in [0.05, 0.1) is 32.1 Å². The van der Waals surface area contributed by atoms with Gasteiger partial charge >= 0.3 is 5.97 Å². The van der Waals surface area contributed by atoms with Crippen molar-refractivity contribution in [1.29, 1.82) is 0 Å². The minimum Gasteiger partial charge on any atom is -0.497 e. The van der Waals surface area contributed by atoms with Crippen molar-refractivity contribution in [3.05, 3.63) is 42.0 Å². The molecule has 0 aliphatic carbocycles. The van der Waals surface area contributed by atoms with Gasteiger partial charge in [0.2, 0.25) is 5.91 Å². The number of ether oxygens (including phenoxy) is 3. The molecule has 2 aromatic rings. The van der Waals surface area contributed by atoms with Crippen LogP contribution in [0.2, 0.25) is 0 Å². The van der Waals surface area contributed by atoms with Crippen LogP contribution in [-0.4, -0.2) is 39.2 Å². The van der Waals surface area contributed by atoms with Gasteiger partial charge in [-0.25, -0.2) is 4.79 Å². The van der Waals surface area contributed by atoms with Gasteiger partial charge in [0.25, 0.3) is 0 Å². The van der Waals surface area contributed by atoms with E-state index in [1.807, 2.05) is 19.1 Å². The van der Waals surface area contributed by atoms with Crippen molar-refractivity contribution in [2.45, 2.75) is 6.92 Å². The molecule has 1 N–H and O–H groups in total. The summed E-state index contributed by atoms with van der Waals surface area (Å²) in [4.78, 5) is 26.1. The van der Waals surface area contributed by atoms with E-state index < -0.39 is 5.97 Å². The topological polar surface area (TPSA) is 77.1 Å². The molecule has 0 atom stereocenters. The number of carbonyl (C=O) groups excluding carboxylic acids is 2. The van der Waals surface area contributed by atoms with E-state index in [2.05, 4.69) is 5.32 Å². The average Bonchev–Trinajstić information content (AvgIpc) is 2.60. The number of aryl methyl sites for hydroxylation is 1. The number of benzene rings is 2. The van der Waals surface area contributed by atoms with Crippen LogP contribution in [0.3, 0.4) is 0 Å². The van der Waals surface area contributed by atoms with Crippen molar-refractivity contribution >= 4 is 23.3 Å². The molecule has 1 heterocycles. The van der Waals surface area contributed by atoms with Crippen molar-refractivity contribution in [2.24, 2.45) is 0 Å². The summed E-state index contributed by atoms with van der Waals surface area (Å²) in [6, 6.07) is 10.7. The fourth-order valence-corrected chi connectivity index (χ4v) is 2.78. The Labute approximate surface area is 151 Å². The Morgan fingerprint density at radius 1 is 1.19 bits per heavy atom. The number of rotatable bonds is 5. The lowest BCUT2D eigenvalue weighted by Gasteiger charge is -2.29. The normalized spacial score (nSPS) is 12.9.